The van der Waals surface area contributed by atoms with Crippen LogP contribution in [0.1, 0.15) is 24.7 Å². The lowest BCUT2D eigenvalue weighted by molar-refractivity contribution is -0.152. The maximum Gasteiger partial charge on any atom is 0.306 e. The first-order chi connectivity index (χ1) is 14.5. The molecule has 8 heteroatoms. The molecule has 0 aliphatic heterocycles. The van der Waals surface area contributed by atoms with E-state index in [1.54, 1.807) is 43.3 Å². The molecule has 0 unspecified atom stereocenters. The summed E-state index contributed by atoms with van der Waals surface area (Å²) >= 11 is 0. The topological polar surface area (TPSA) is 92.4 Å². The first-order valence-corrected chi connectivity index (χ1v) is 9.62. The van der Waals surface area contributed by atoms with Gasteiger partial charge >= 0.3 is 5.97 Å². The highest BCUT2D eigenvalue weighted by molar-refractivity contribution is 5.81. The van der Waals surface area contributed by atoms with E-state index < -0.39 is 12.6 Å². The third-order valence-corrected chi connectivity index (χ3v) is 4.58. The van der Waals surface area contributed by atoms with Gasteiger partial charge in [0.25, 0.3) is 11.5 Å². The number of amides is 1. The van der Waals surface area contributed by atoms with E-state index in [9.17, 15) is 18.8 Å². The van der Waals surface area contributed by atoms with Gasteiger partial charge in [-0.25, -0.2) is 9.37 Å². The molecule has 0 aliphatic rings. The highest BCUT2D eigenvalue weighted by Gasteiger charge is 2.15. The van der Waals surface area contributed by atoms with Crippen molar-refractivity contribution in [2.45, 2.75) is 26.3 Å². The molecule has 1 amide bonds. The minimum atomic E-state index is -0.569. The van der Waals surface area contributed by atoms with Gasteiger partial charge in [0.15, 0.2) is 6.61 Å². The number of nitrogens with zero attached hydrogens (tertiary/aromatic N) is 2. The number of esters is 1. The van der Waals surface area contributed by atoms with Gasteiger partial charge in [-0.2, -0.15) is 0 Å². The molecule has 0 bridgehead atoms. The number of aromatic nitrogens is 2. The van der Waals surface area contributed by atoms with E-state index >= 15 is 0 Å². The van der Waals surface area contributed by atoms with Crippen molar-refractivity contribution >= 4 is 22.8 Å². The number of H-pyrrole nitrogens is 1. The zero-order valence-electron chi connectivity index (χ0n) is 16.6. The average Bonchev–Trinajstić information content (AvgIpc) is 2.74. The molecule has 0 spiro atoms. The first-order valence-electron chi connectivity index (χ1n) is 9.62. The summed E-state index contributed by atoms with van der Waals surface area (Å²) in [7, 11) is 0. The number of nitrogens with one attached hydrogen (secondary N) is 1. The Labute approximate surface area is 172 Å². The van der Waals surface area contributed by atoms with Gasteiger partial charge in [-0.1, -0.05) is 24.3 Å². The summed E-state index contributed by atoms with van der Waals surface area (Å²) in [6, 6.07) is 12.9. The fourth-order valence-corrected chi connectivity index (χ4v) is 3.01. The van der Waals surface area contributed by atoms with Crippen LogP contribution in [0.5, 0.6) is 0 Å². The number of aryl methyl sites for hydroxylation is 1. The van der Waals surface area contributed by atoms with Gasteiger partial charge in [-0.15, -0.1) is 0 Å². The van der Waals surface area contributed by atoms with Crippen LogP contribution in [-0.4, -0.2) is 39.9 Å². The molecule has 30 heavy (non-hydrogen) atoms. The van der Waals surface area contributed by atoms with Crippen LogP contribution in [0, 0.1) is 5.82 Å². The van der Waals surface area contributed by atoms with Gasteiger partial charge < -0.3 is 14.6 Å². The summed E-state index contributed by atoms with van der Waals surface area (Å²) in [5.74, 6) is -0.931. The van der Waals surface area contributed by atoms with Gasteiger partial charge in [0.2, 0.25) is 0 Å². The number of para-hydroxylation sites is 1. The quantitative estimate of drug-likeness (QED) is 0.575. The second kappa shape index (κ2) is 9.78. The lowest BCUT2D eigenvalue weighted by atomic mass is 10.2. The number of carbonyl (C=O) groups excluding carboxylic acids is 2. The van der Waals surface area contributed by atoms with Crippen LogP contribution in [0.3, 0.4) is 0 Å². The molecule has 2 aromatic carbocycles. The van der Waals surface area contributed by atoms with Crippen molar-refractivity contribution in [1.29, 1.82) is 0 Å². The van der Waals surface area contributed by atoms with Crippen LogP contribution in [0.25, 0.3) is 10.9 Å². The summed E-state index contributed by atoms with van der Waals surface area (Å²) < 4.78 is 18.4. The van der Waals surface area contributed by atoms with E-state index in [1.807, 2.05) is 0 Å². The summed E-state index contributed by atoms with van der Waals surface area (Å²) in [4.78, 5) is 44.9. The van der Waals surface area contributed by atoms with Gasteiger partial charge in [-0.05, 0) is 36.8 Å². The predicted molar refractivity (Wildman–Crippen MR) is 109 cm³/mol. The lowest BCUT2D eigenvalue weighted by Gasteiger charge is -2.21. The van der Waals surface area contributed by atoms with Crippen LogP contribution in [0.4, 0.5) is 4.39 Å². The third kappa shape index (κ3) is 5.50. The molecular formula is C22H22FN3O4. The average molecular weight is 411 g/mol. The van der Waals surface area contributed by atoms with E-state index in [4.69, 9.17) is 4.74 Å². The van der Waals surface area contributed by atoms with Crippen molar-refractivity contribution in [1.82, 2.24) is 14.9 Å². The number of hydrogen-bond donors (Lipinski definition) is 1. The zero-order valence-corrected chi connectivity index (χ0v) is 16.6. The Balaban J connectivity index is 1.51. The summed E-state index contributed by atoms with van der Waals surface area (Å²) in [5, 5.41) is 0.479. The number of benzene rings is 2. The van der Waals surface area contributed by atoms with Crippen molar-refractivity contribution in [3.63, 3.8) is 0 Å². The summed E-state index contributed by atoms with van der Waals surface area (Å²) in [6.07, 6.45) is 0.165. The van der Waals surface area contributed by atoms with Crippen LogP contribution in [0.15, 0.2) is 53.3 Å². The molecule has 0 fully saturated rings. The number of hydrogen-bond acceptors (Lipinski definition) is 5. The van der Waals surface area contributed by atoms with Crippen molar-refractivity contribution < 1.29 is 18.7 Å². The molecule has 156 valence electrons. The zero-order chi connectivity index (χ0) is 21.5. The Kier molecular flexibility index (Phi) is 6.90. The highest BCUT2D eigenvalue weighted by Crippen LogP contribution is 2.09. The number of rotatable bonds is 8. The van der Waals surface area contributed by atoms with Crippen molar-refractivity contribution in [2.24, 2.45) is 0 Å². The number of likely N-dealkylation sites (N-methyl/N-ethyl adjacent to an activating group) is 1. The van der Waals surface area contributed by atoms with Gasteiger partial charge in [0.05, 0.1) is 17.3 Å². The number of fused-ring (bicyclic) bond motifs is 1. The molecular weight excluding hydrogens is 389 g/mol. The first kappa shape index (κ1) is 21.2. The molecule has 1 N–H and O–H groups in total. The van der Waals surface area contributed by atoms with Crippen molar-refractivity contribution in [2.75, 3.05) is 13.2 Å². The van der Waals surface area contributed by atoms with Crippen LogP contribution in [-0.2, 0) is 27.3 Å². The number of aromatic amines is 1. The molecule has 1 aromatic heterocycles. The van der Waals surface area contributed by atoms with E-state index in [0.29, 0.717) is 28.8 Å². The predicted octanol–water partition coefficient (Wildman–Crippen LogP) is 2.59. The number of ether oxygens (including phenoxy) is 1. The van der Waals surface area contributed by atoms with E-state index in [-0.39, 0.29) is 36.7 Å². The number of carbonyl (C=O) groups is 2. The largest absolute Gasteiger partial charge is 0.456 e. The van der Waals surface area contributed by atoms with Crippen molar-refractivity contribution in [3.8, 4) is 0 Å². The van der Waals surface area contributed by atoms with Crippen LogP contribution in [0.2, 0.25) is 0 Å². The molecule has 0 saturated carbocycles. The maximum absolute atomic E-state index is 13.3. The Morgan fingerprint density at radius 2 is 1.97 bits per heavy atom. The Morgan fingerprint density at radius 3 is 2.73 bits per heavy atom. The summed E-state index contributed by atoms with van der Waals surface area (Å²) in [6.45, 7) is 2.02. The van der Waals surface area contributed by atoms with E-state index in [1.165, 1.54) is 17.0 Å². The van der Waals surface area contributed by atoms with Gasteiger partial charge in [0.1, 0.15) is 11.6 Å². The highest BCUT2D eigenvalue weighted by atomic mass is 19.1. The summed E-state index contributed by atoms with van der Waals surface area (Å²) in [5.41, 5.74) is 0.939. The molecule has 1 heterocycles. The standard InChI is InChI=1S/C22H22FN3O4/c1-2-26(13-15-6-5-7-16(23)12-15)20(27)14-30-21(28)11-10-19-24-18-9-4-3-8-17(18)22(29)25-19/h3-9,12H,2,10-11,13-14H2,1H3,(H,24,25,29). The molecule has 3 rings (SSSR count). The monoisotopic (exact) mass is 411 g/mol. The fraction of sp³-hybridized carbons (Fsp3) is 0.273. The van der Waals surface area contributed by atoms with Gasteiger partial charge in [0, 0.05) is 19.5 Å². The Bertz CT molecular complexity index is 1110. The van der Waals surface area contributed by atoms with Gasteiger partial charge in [-0.3, -0.25) is 14.4 Å². The third-order valence-electron chi connectivity index (χ3n) is 4.58. The molecule has 0 atom stereocenters. The molecule has 3 aromatic rings. The lowest BCUT2D eigenvalue weighted by Crippen LogP contribution is -2.34. The van der Waals surface area contributed by atoms with Crippen LogP contribution >= 0.6 is 0 Å². The molecule has 0 saturated heterocycles. The molecule has 0 aliphatic carbocycles. The second-order valence-corrected chi connectivity index (χ2v) is 6.73. The normalized spacial score (nSPS) is 10.7. The van der Waals surface area contributed by atoms with E-state index in [0.717, 1.165) is 0 Å². The van der Waals surface area contributed by atoms with E-state index in [2.05, 4.69) is 9.97 Å². The Hall–Kier alpha value is -3.55. The number of halogens is 1. The molecule has 7 nitrogen and oxygen atoms in total. The smallest absolute Gasteiger partial charge is 0.306 e. The van der Waals surface area contributed by atoms with Crippen LogP contribution < -0.4 is 5.56 Å². The fourth-order valence-electron chi connectivity index (χ4n) is 3.01. The Morgan fingerprint density at radius 1 is 1.17 bits per heavy atom. The van der Waals surface area contributed by atoms with Crippen molar-refractivity contribution in [3.05, 3.63) is 76.1 Å². The minimum Gasteiger partial charge on any atom is -0.456 e. The second-order valence-electron chi connectivity index (χ2n) is 6.73. The minimum absolute atomic E-state index is 0.0232. The molecule has 0 radical (unpaired) electrons. The SMILES string of the molecule is CCN(Cc1cccc(F)c1)C(=O)COC(=O)CCc1nc2ccccc2c(=O)[nH]1. The maximum atomic E-state index is 13.3.